The van der Waals surface area contributed by atoms with E-state index in [2.05, 4.69) is 11.8 Å². The molecule has 0 bridgehead atoms. The van der Waals surface area contributed by atoms with E-state index in [9.17, 15) is 14.6 Å². The van der Waals surface area contributed by atoms with Gasteiger partial charge in [-0.2, -0.15) is 0 Å². The van der Waals surface area contributed by atoms with Gasteiger partial charge in [-0.15, -0.1) is 0 Å². The van der Waals surface area contributed by atoms with Crippen molar-refractivity contribution in [3.8, 4) is 11.5 Å². The maximum absolute atomic E-state index is 13.1. The van der Waals surface area contributed by atoms with Crippen LogP contribution in [0.2, 0.25) is 0 Å². The lowest BCUT2D eigenvalue weighted by atomic mass is 10.1. The first-order valence-electron chi connectivity index (χ1n) is 8.06. The average molecular weight is 317 g/mol. The van der Waals surface area contributed by atoms with Crippen LogP contribution in [0.4, 0.5) is 4.39 Å². The van der Waals surface area contributed by atoms with Crippen molar-refractivity contribution in [1.82, 2.24) is 4.90 Å². The number of phenols is 2. The Bertz CT molecular complexity index is 613. The standard InChI is InChI=1S/C19H24FNO2/c1-2-11-21(12-9-15-3-6-17(22)7-4-15)13-10-16-5-8-18(20)19(23)14-16/h3-8,14,22-23H,2,9-13H2,1H3. The highest BCUT2D eigenvalue weighted by Crippen LogP contribution is 2.17. The Morgan fingerprint density at radius 1 is 0.870 bits per heavy atom. The fourth-order valence-electron chi connectivity index (χ4n) is 2.60. The molecule has 2 N–H and O–H groups in total. The fraction of sp³-hybridized carbons (Fsp3) is 0.368. The summed E-state index contributed by atoms with van der Waals surface area (Å²) in [6.45, 7) is 4.96. The number of halogens is 1. The largest absolute Gasteiger partial charge is 0.508 e. The van der Waals surface area contributed by atoms with Crippen LogP contribution < -0.4 is 0 Å². The monoisotopic (exact) mass is 317 g/mol. The molecule has 4 heteroatoms. The van der Waals surface area contributed by atoms with E-state index in [1.165, 1.54) is 17.7 Å². The minimum atomic E-state index is -0.577. The quantitative estimate of drug-likeness (QED) is 0.779. The maximum atomic E-state index is 13.1. The Balaban J connectivity index is 1.87. The van der Waals surface area contributed by atoms with Crippen molar-refractivity contribution >= 4 is 0 Å². The van der Waals surface area contributed by atoms with Crippen molar-refractivity contribution in [3.05, 3.63) is 59.4 Å². The molecule has 3 nitrogen and oxygen atoms in total. The van der Waals surface area contributed by atoms with Gasteiger partial charge in [0.05, 0.1) is 0 Å². The van der Waals surface area contributed by atoms with Crippen LogP contribution in [0.5, 0.6) is 11.5 Å². The van der Waals surface area contributed by atoms with Crippen LogP contribution in [0, 0.1) is 5.82 Å². The summed E-state index contributed by atoms with van der Waals surface area (Å²) < 4.78 is 13.1. The second-order valence-electron chi connectivity index (χ2n) is 5.79. The summed E-state index contributed by atoms with van der Waals surface area (Å²) in [6, 6.07) is 11.8. The van der Waals surface area contributed by atoms with Gasteiger partial charge in [0.2, 0.25) is 0 Å². The van der Waals surface area contributed by atoms with Crippen LogP contribution in [-0.2, 0) is 12.8 Å². The molecule has 0 aliphatic heterocycles. The fourth-order valence-corrected chi connectivity index (χ4v) is 2.60. The van der Waals surface area contributed by atoms with Crippen molar-refractivity contribution in [3.63, 3.8) is 0 Å². The van der Waals surface area contributed by atoms with Crippen LogP contribution in [-0.4, -0.2) is 34.7 Å². The molecule has 0 heterocycles. The van der Waals surface area contributed by atoms with Crippen LogP contribution in [0.25, 0.3) is 0 Å². The van der Waals surface area contributed by atoms with Gasteiger partial charge in [0.1, 0.15) is 5.75 Å². The molecule has 0 amide bonds. The second-order valence-corrected chi connectivity index (χ2v) is 5.79. The number of rotatable bonds is 8. The van der Waals surface area contributed by atoms with Gasteiger partial charge in [0.15, 0.2) is 11.6 Å². The summed E-state index contributed by atoms with van der Waals surface area (Å²) in [5, 5.41) is 18.7. The van der Waals surface area contributed by atoms with Gasteiger partial charge in [-0.05, 0) is 61.2 Å². The van der Waals surface area contributed by atoms with Gasteiger partial charge in [0.25, 0.3) is 0 Å². The van der Waals surface area contributed by atoms with Crippen molar-refractivity contribution < 1.29 is 14.6 Å². The first kappa shape index (κ1) is 17.3. The molecule has 2 rings (SSSR count). The molecule has 2 aromatic carbocycles. The summed E-state index contributed by atoms with van der Waals surface area (Å²) in [5.41, 5.74) is 2.14. The third-order valence-electron chi connectivity index (χ3n) is 3.92. The Morgan fingerprint density at radius 2 is 1.48 bits per heavy atom. The van der Waals surface area contributed by atoms with E-state index in [-0.39, 0.29) is 11.5 Å². The van der Waals surface area contributed by atoms with E-state index in [4.69, 9.17) is 0 Å². The minimum absolute atomic E-state index is 0.284. The highest BCUT2D eigenvalue weighted by Gasteiger charge is 2.07. The molecule has 2 aromatic rings. The molecule has 0 saturated heterocycles. The molecule has 0 aliphatic rings. The predicted molar refractivity (Wildman–Crippen MR) is 90.3 cm³/mol. The summed E-state index contributed by atoms with van der Waals surface area (Å²) in [6.07, 6.45) is 2.78. The molecule has 0 spiro atoms. The first-order chi connectivity index (χ1) is 11.1. The molecular weight excluding hydrogens is 293 g/mol. The van der Waals surface area contributed by atoms with Crippen molar-refractivity contribution in [1.29, 1.82) is 0 Å². The molecule has 0 aromatic heterocycles. The van der Waals surface area contributed by atoms with Crippen molar-refractivity contribution in [2.24, 2.45) is 0 Å². The van der Waals surface area contributed by atoms with E-state index in [1.807, 2.05) is 12.1 Å². The molecule has 0 aliphatic carbocycles. The van der Waals surface area contributed by atoms with Crippen molar-refractivity contribution in [2.45, 2.75) is 26.2 Å². The normalized spacial score (nSPS) is 11.1. The number of phenolic OH excluding ortho intramolecular Hbond substituents is 2. The number of hydrogen-bond acceptors (Lipinski definition) is 3. The zero-order valence-corrected chi connectivity index (χ0v) is 13.5. The van der Waals surface area contributed by atoms with Gasteiger partial charge < -0.3 is 15.1 Å². The molecular formula is C19H24FNO2. The lowest BCUT2D eigenvalue weighted by molar-refractivity contribution is 0.281. The highest BCUT2D eigenvalue weighted by molar-refractivity contribution is 5.29. The SMILES string of the molecule is CCCN(CCc1ccc(O)cc1)CCc1ccc(F)c(O)c1. The Labute approximate surface area is 137 Å². The third kappa shape index (κ3) is 5.57. The van der Waals surface area contributed by atoms with E-state index in [1.54, 1.807) is 18.2 Å². The van der Waals surface area contributed by atoms with E-state index >= 15 is 0 Å². The number of benzene rings is 2. The molecule has 0 unspecified atom stereocenters. The van der Waals surface area contributed by atoms with Crippen LogP contribution in [0.1, 0.15) is 24.5 Å². The highest BCUT2D eigenvalue weighted by atomic mass is 19.1. The number of aromatic hydroxyl groups is 2. The summed E-state index contributed by atoms with van der Waals surface area (Å²) in [5.74, 6) is -0.574. The minimum Gasteiger partial charge on any atom is -0.508 e. The smallest absolute Gasteiger partial charge is 0.164 e. The molecule has 0 saturated carbocycles. The van der Waals surface area contributed by atoms with Crippen molar-refractivity contribution in [2.75, 3.05) is 19.6 Å². The van der Waals surface area contributed by atoms with Gasteiger partial charge >= 0.3 is 0 Å². The van der Waals surface area contributed by atoms with Gasteiger partial charge in [-0.3, -0.25) is 0 Å². The Morgan fingerprint density at radius 3 is 2.09 bits per heavy atom. The molecule has 124 valence electrons. The van der Waals surface area contributed by atoms with Crippen LogP contribution in [0.3, 0.4) is 0 Å². The third-order valence-corrected chi connectivity index (χ3v) is 3.92. The van der Waals surface area contributed by atoms with Gasteiger partial charge in [0, 0.05) is 13.1 Å². The summed E-state index contributed by atoms with van der Waals surface area (Å²) in [7, 11) is 0. The summed E-state index contributed by atoms with van der Waals surface area (Å²) in [4.78, 5) is 2.37. The van der Waals surface area contributed by atoms with Gasteiger partial charge in [-0.25, -0.2) is 4.39 Å². The zero-order valence-electron chi connectivity index (χ0n) is 13.5. The number of nitrogens with zero attached hydrogens (tertiary/aromatic N) is 1. The molecule has 0 radical (unpaired) electrons. The molecule has 23 heavy (non-hydrogen) atoms. The summed E-state index contributed by atoms with van der Waals surface area (Å²) >= 11 is 0. The average Bonchev–Trinajstić information content (AvgIpc) is 2.55. The number of hydrogen-bond donors (Lipinski definition) is 2. The van der Waals surface area contributed by atoms with E-state index < -0.39 is 5.82 Å². The predicted octanol–water partition coefficient (Wildman–Crippen LogP) is 3.73. The maximum Gasteiger partial charge on any atom is 0.164 e. The Kier molecular flexibility index (Phi) is 6.41. The van der Waals surface area contributed by atoms with E-state index in [0.717, 1.165) is 44.5 Å². The molecule has 0 fully saturated rings. The Hall–Kier alpha value is -2.07. The lowest BCUT2D eigenvalue weighted by Gasteiger charge is -2.21. The van der Waals surface area contributed by atoms with E-state index in [0.29, 0.717) is 0 Å². The first-order valence-corrected chi connectivity index (χ1v) is 8.06. The van der Waals surface area contributed by atoms with Crippen LogP contribution >= 0.6 is 0 Å². The topological polar surface area (TPSA) is 43.7 Å². The van der Waals surface area contributed by atoms with Gasteiger partial charge in [-0.1, -0.05) is 25.1 Å². The molecule has 0 atom stereocenters. The second kappa shape index (κ2) is 8.53. The lowest BCUT2D eigenvalue weighted by Crippen LogP contribution is -2.29. The zero-order chi connectivity index (χ0) is 16.7. The van der Waals surface area contributed by atoms with Crippen LogP contribution in [0.15, 0.2) is 42.5 Å².